The number of rotatable bonds is 6. The Balaban J connectivity index is 3.15. The Morgan fingerprint density at radius 3 is 2.45 bits per heavy atom. The molecule has 2 nitrogen and oxygen atoms in total. The monoisotopic (exact) mass is 159 g/mol. The first kappa shape index (κ1) is 10.9. The molecule has 0 aromatic heterocycles. The lowest BCUT2D eigenvalue weighted by molar-refractivity contribution is 0.121. The van der Waals surface area contributed by atoms with Crippen LogP contribution in [0.3, 0.4) is 0 Å². The van der Waals surface area contributed by atoms with Crippen molar-refractivity contribution < 1.29 is 5.11 Å². The van der Waals surface area contributed by atoms with Crippen molar-refractivity contribution in [2.75, 3.05) is 6.54 Å². The highest BCUT2D eigenvalue weighted by Gasteiger charge is 2.01. The summed E-state index contributed by atoms with van der Waals surface area (Å²) in [5.41, 5.74) is 0. The van der Waals surface area contributed by atoms with Gasteiger partial charge in [0.25, 0.3) is 0 Å². The molecule has 11 heavy (non-hydrogen) atoms. The molecule has 0 bridgehead atoms. The topological polar surface area (TPSA) is 32.3 Å². The average Bonchev–Trinajstić information content (AvgIpc) is 1.97. The van der Waals surface area contributed by atoms with Gasteiger partial charge in [-0.2, -0.15) is 0 Å². The molecule has 0 rings (SSSR count). The van der Waals surface area contributed by atoms with Crippen LogP contribution in [0.15, 0.2) is 0 Å². The molecule has 2 heteroatoms. The molecule has 0 amide bonds. The number of hydrogen-bond acceptors (Lipinski definition) is 2. The number of nitrogens with one attached hydrogen (secondary N) is 1. The molecule has 1 atom stereocenters. The van der Waals surface area contributed by atoms with Gasteiger partial charge in [-0.3, -0.25) is 5.32 Å². The van der Waals surface area contributed by atoms with Gasteiger partial charge < -0.3 is 5.11 Å². The van der Waals surface area contributed by atoms with Crippen molar-refractivity contribution in [2.45, 2.75) is 46.3 Å². The molecule has 0 spiro atoms. The number of aliphatic hydroxyl groups excluding tert-OH is 1. The molecule has 1 unspecified atom stereocenters. The van der Waals surface area contributed by atoms with Crippen molar-refractivity contribution in [3.63, 3.8) is 0 Å². The minimum Gasteiger partial charge on any atom is -0.379 e. The normalized spacial score (nSPS) is 13.9. The van der Waals surface area contributed by atoms with Crippen LogP contribution in [-0.4, -0.2) is 17.9 Å². The second-order valence-corrected chi connectivity index (χ2v) is 3.46. The maximum atomic E-state index is 9.32. The Labute approximate surface area is 70.0 Å². The summed E-state index contributed by atoms with van der Waals surface area (Å²) in [6.07, 6.45) is 2.84. The summed E-state index contributed by atoms with van der Waals surface area (Å²) in [6.45, 7) is 7.32. The van der Waals surface area contributed by atoms with Crippen LogP contribution in [0.5, 0.6) is 0 Å². The quantitative estimate of drug-likeness (QED) is 0.579. The fourth-order valence-electron chi connectivity index (χ4n) is 0.871. The Hall–Kier alpha value is -0.0800. The molecule has 0 saturated carbocycles. The maximum absolute atomic E-state index is 9.32. The standard InChI is InChI=1S/C9H21NO/c1-4-5-6-9(11)10-7-8(2)3/h8-11H,4-7H2,1-3H3. The van der Waals surface area contributed by atoms with Gasteiger partial charge in [0, 0.05) is 0 Å². The van der Waals surface area contributed by atoms with Crippen LogP contribution >= 0.6 is 0 Å². The molecule has 0 radical (unpaired) electrons. The van der Waals surface area contributed by atoms with Crippen LogP contribution in [0.1, 0.15) is 40.0 Å². The summed E-state index contributed by atoms with van der Waals surface area (Å²) >= 11 is 0. The molecule has 0 aliphatic rings. The van der Waals surface area contributed by atoms with Crippen molar-refractivity contribution >= 4 is 0 Å². The fraction of sp³-hybridized carbons (Fsp3) is 1.00. The summed E-state index contributed by atoms with van der Waals surface area (Å²) in [5.74, 6) is 0.617. The second kappa shape index (κ2) is 6.62. The lowest BCUT2D eigenvalue weighted by Crippen LogP contribution is -2.31. The highest BCUT2D eigenvalue weighted by Crippen LogP contribution is 1.98. The highest BCUT2D eigenvalue weighted by molar-refractivity contribution is 4.55. The number of aliphatic hydroxyl groups is 1. The smallest absolute Gasteiger partial charge is 0.104 e. The van der Waals surface area contributed by atoms with E-state index in [-0.39, 0.29) is 6.23 Å². The van der Waals surface area contributed by atoms with Gasteiger partial charge in [0.1, 0.15) is 6.23 Å². The van der Waals surface area contributed by atoms with Crippen molar-refractivity contribution in [1.29, 1.82) is 0 Å². The van der Waals surface area contributed by atoms with Gasteiger partial charge in [-0.1, -0.05) is 27.2 Å². The Morgan fingerprint density at radius 1 is 1.36 bits per heavy atom. The SMILES string of the molecule is CCCCC(O)NCC(C)C. The van der Waals surface area contributed by atoms with Crippen LogP contribution in [0.2, 0.25) is 0 Å². The zero-order chi connectivity index (χ0) is 8.69. The van der Waals surface area contributed by atoms with Crippen molar-refractivity contribution in [3.05, 3.63) is 0 Å². The molecular weight excluding hydrogens is 138 g/mol. The van der Waals surface area contributed by atoms with Gasteiger partial charge in [0.15, 0.2) is 0 Å². The molecule has 68 valence electrons. The Morgan fingerprint density at radius 2 is 2.00 bits per heavy atom. The van der Waals surface area contributed by atoms with Gasteiger partial charge in [0.05, 0.1) is 0 Å². The third-order valence-electron chi connectivity index (χ3n) is 1.59. The zero-order valence-corrected chi connectivity index (χ0v) is 7.93. The fourth-order valence-corrected chi connectivity index (χ4v) is 0.871. The Kier molecular flexibility index (Phi) is 6.57. The van der Waals surface area contributed by atoms with Crippen molar-refractivity contribution in [1.82, 2.24) is 5.32 Å². The minimum atomic E-state index is -0.294. The van der Waals surface area contributed by atoms with E-state index in [2.05, 4.69) is 26.1 Å². The third kappa shape index (κ3) is 7.82. The predicted molar refractivity (Wildman–Crippen MR) is 48.4 cm³/mol. The average molecular weight is 159 g/mol. The summed E-state index contributed by atoms with van der Waals surface area (Å²) in [6, 6.07) is 0. The molecule has 0 aromatic carbocycles. The molecule has 0 aliphatic carbocycles. The van der Waals surface area contributed by atoms with E-state index in [0.717, 1.165) is 25.8 Å². The van der Waals surface area contributed by atoms with Gasteiger partial charge >= 0.3 is 0 Å². The number of hydrogen-bond donors (Lipinski definition) is 2. The van der Waals surface area contributed by atoms with E-state index < -0.39 is 0 Å². The predicted octanol–water partition coefficient (Wildman–Crippen LogP) is 1.74. The van der Waals surface area contributed by atoms with E-state index in [0.29, 0.717) is 5.92 Å². The summed E-state index contributed by atoms with van der Waals surface area (Å²) in [4.78, 5) is 0. The molecule has 0 aliphatic heterocycles. The largest absolute Gasteiger partial charge is 0.379 e. The maximum Gasteiger partial charge on any atom is 0.104 e. The van der Waals surface area contributed by atoms with E-state index in [1.807, 2.05) is 0 Å². The molecule has 0 aromatic rings. The molecule has 0 heterocycles. The summed E-state index contributed by atoms with van der Waals surface area (Å²) in [5, 5.41) is 12.4. The van der Waals surface area contributed by atoms with E-state index >= 15 is 0 Å². The third-order valence-corrected chi connectivity index (χ3v) is 1.59. The minimum absolute atomic E-state index is 0.294. The molecular formula is C9H21NO. The first-order valence-corrected chi connectivity index (χ1v) is 4.58. The molecule has 2 N–H and O–H groups in total. The van der Waals surface area contributed by atoms with E-state index in [1.54, 1.807) is 0 Å². The first-order valence-electron chi connectivity index (χ1n) is 4.58. The van der Waals surface area contributed by atoms with Crippen LogP contribution in [0.25, 0.3) is 0 Å². The van der Waals surface area contributed by atoms with Gasteiger partial charge in [-0.25, -0.2) is 0 Å². The van der Waals surface area contributed by atoms with Crippen molar-refractivity contribution in [3.8, 4) is 0 Å². The van der Waals surface area contributed by atoms with Crippen molar-refractivity contribution in [2.24, 2.45) is 5.92 Å². The van der Waals surface area contributed by atoms with Gasteiger partial charge in [0.2, 0.25) is 0 Å². The second-order valence-electron chi connectivity index (χ2n) is 3.46. The number of unbranched alkanes of at least 4 members (excludes halogenated alkanes) is 1. The highest BCUT2D eigenvalue weighted by atomic mass is 16.3. The van der Waals surface area contributed by atoms with Gasteiger partial charge in [-0.05, 0) is 25.3 Å². The summed E-state index contributed by atoms with van der Waals surface area (Å²) in [7, 11) is 0. The van der Waals surface area contributed by atoms with E-state index in [4.69, 9.17) is 0 Å². The zero-order valence-electron chi connectivity index (χ0n) is 7.93. The van der Waals surface area contributed by atoms with Gasteiger partial charge in [-0.15, -0.1) is 0 Å². The van der Waals surface area contributed by atoms with Crippen LogP contribution in [0, 0.1) is 5.92 Å². The van der Waals surface area contributed by atoms with Crippen LogP contribution in [0.4, 0.5) is 0 Å². The summed E-state index contributed by atoms with van der Waals surface area (Å²) < 4.78 is 0. The molecule has 0 fully saturated rings. The van der Waals surface area contributed by atoms with E-state index in [1.165, 1.54) is 0 Å². The Bertz CT molecular complexity index is 83.6. The van der Waals surface area contributed by atoms with E-state index in [9.17, 15) is 5.11 Å². The lowest BCUT2D eigenvalue weighted by atomic mass is 10.2. The first-order chi connectivity index (χ1) is 5.16. The molecule has 0 saturated heterocycles. The van der Waals surface area contributed by atoms with Crippen LogP contribution in [-0.2, 0) is 0 Å². The lowest BCUT2D eigenvalue weighted by Gasteiger charge is -2.13. The van der Waals surface area contributed by atoms with Crippen LogP contribution < -0.4 is 5.32 Å².